The van der Waals surface area contributed by atoms with E-state index in [0.717, 1.165) is 26.1 Å². The zero-order valence-electron chi connectivity index (χ0n) is 10.4. The molecule has 0 aromatic rings. The fourth-order valence-corrected chi connectivity index (χ4v) is 2.67. The van der Waals surface area contributed by atoms with Gasteiger partial charge in [-0.3, -0.25) is 9.59 Å². The highest BCUT2D eigenvalue weighted by Crippen LogP contribution is 2.11. The minimum absolute atomic E-state index is 0.00609. The molecule has 1 rings (SSSR count). The van der Waals surface area contributed by atoms with E-state index in [1.807, 2.05) is 11.8 Å². The number of carboxylic acid groups (broad SMARTS) is 1. The average molecular weight is 260 g/mol. The molecule has 1 heterocycles. The van der Waals surface area contributed by atoms with Crippen molar-refractivity contribution in [1.29, 1.82) is 0 Å². The van der Waals surface area contributed by atoms with E-state index in [1.54, 1.807) is 0 Å². The molecule has 0 radical (unpaired) electrons. The van der Waals surface area contributed by atoms with E-state index in [2.05, 4.69) is 11.9 Å². The third-order valence-corrected chi connectivity index (χ3v) is 3.72. The first-order valence-corrected chi connectivity index (χ1v) is 6.93. The smallest absolute Gasteiger partial charge is 0.313 e. The van der Waals surface area contributed by atoms with Crippen molar-refractivity contribution in [3.05, 3.63) is 0 Å². The largest absolute Gasteiger partial charge is 0.481 e. The Morgan fingerprint density at radius 2 is 2.06 bits per heavy atom. The van der Waals surface area contributed by atoms with E-state index in [4.69, 9.17) is 5.11 Å². The first kappa shape index (κ1) is 14.3. The summed E-state index contributed by atoms with van der Waals surface area (Å²) in [6, 6.07) is 0.209. The van der Waals surface area contributed by atoms with Gasteiger partial charge in [-0.2, -0.15) is 0 Å². The van der Waals surface area contributed by atoms with Gasteiger partial charge in [-0.05, 0) is 26.9 Å². The van der Waals surface area contributed by atoms with Gasteiger partial charge in [0, 0.05) is 19.1 Å². The van der Waals surface area contributed by atoms with Gasteiger partial charge in [0.15, 0.2) is 0 Å². The van der Waals surface area contributed by atoms with Gasteiger partial charge in [-0.1, -0.05) is 0 Å². The molecule has 1 aliphatic rings. The van der Waals surface area contributed by atoms with Crippen LogP contribution in [0.15, 0.2) is 0 Å². The van der Waals surface area contributed by atoms with Crippen molar-refractivity contribution in [1.82, 2.24) is 9.80 Å². The molecule has 1 atom stereocenters. The fraction of sp³-hybridized carbons (Fsp3) is 0.818. The Labute approximate surface area is 106 Å². The minimum Gasteiger partial charge on any atom is -0.481 e. The minimum atomic E-state index is -0.869. The summed E-state index contributed by atoms with van der Waals surface area (Å²) in [7, 11) is 2.06. The van der Waals surface area contributed by atoms with E-state index < -0.39 is 5.97 Å². The van der Waals surface area contributed by atoms with Crippen LogP contribution < -0.4 is 0 Å². The van der Waals surface area contributed by atoms with Crippen LogP contribution in [0.25, 0.3) is 0 Å². The third-order valence-electron chi connectivity index (χ3n) is 2.82. The third kappa shape index (κ3) is 4.95. The normalized spacial score (nSPS) is 22.2. The number of hydrogen-bond acceptors (Lipinski definition) is 4. The van der Waals surface area contributed by atoms with Gasteiger partial charge in [0.25, 0.3) is 0 Å². The van der Waals surface area contributed by atoms with Crippen LogP contribution >= 0.6 is 11.8 Å². The maximum absolute atomic E-state index is 11.9. The first-order valence-electron chi connectivity index (χ1n) is 5.78. The Balaban J connectivity index is 2.41. The Bertz CT molecular complexity index is 286. The molecule has 6 heteroatoms. The summed E-state index contributed by atoms with van der Waals surface area (Å²) in [5, 5.41) is 8.52. The number of thioether (sulfide) groups is 1. The molecule has 0 aromatic heterocycles. The summed E-state index contributed by atoms with van der Waals surface area (Å²) in [4.78, 5) is 26.4. The summed E-state index contributed by atoms with van der Waals surface area (Å²) in [5.74, 6) is -0.556. The number of carbonyl (C=O) groups is 2. The zero-order chi connectivity index (χ0) is 12.8. The second-order valence-corrected chi connectivity index (χ2v) is 5.42. The Morgan fingerprint density at radius 1 is 1.35 bits per heavy atom. The summed E-state index contributed by atoms with van der Waals surface area (Å²) in [6.45, 7) is 4.71. The topological polar surface area (TPSA) is 60.9 Å². The molecule has 0 aliphatic carbocycles. The Hall–Kier alpha value is -0.750. The quantitative estimate of drug-likeness (QED) is 0.790. The standard InChI is InChI=1S/C11H20N2O3S/c1-9-6-12(2)4-3-5-13(9)10(14)7-17-8-11(15)16/h9H,3-8H2,1-2H3,(H,15,16). The van der Waals surface area contributed by atoms with Crippen molar-refractivity contribution in [2.75, 3.05) is 38.2 Å². The van der Waals surface area contributed by atoms with Gasteiger partial charge in [0.1, 0.15) is 0 Å². The molecule has 0 saturated carbocycles. The highest BCUT2D eigenvalue weighted by atomic mass is 32.2. The van der Waals surface area contributed by atoms with Gasteiger partial charge in [0.2, 0.25) is 5.91 Å². The molecular formula is C11H20N2O3S. The molecule has 1 fully saturated rings. The molecular weight excluding hydrogens is 240 g/mol. The molecule has 1 amide bonds. The van der Waals surface area contributed by atoms with Crippen molar-refractivity contribution in [2.45, 2.75) is 19.4 Å². The van der Waals surface area contributed by atoms with Crippen LogP contribution in [-0.2, 0) is 9.59 Å². The van der Waals surface area contributed by atoms with Crippen LogP contribution in [0.3, 0.4) is 0 Å². The van der Waals surface area contributed by atoms with E-state index >= 15 is 0 Å². The van der Waals surface area contributed by atoms with Gasteiger partial charge in [-0.15, -0.1) is 11.8 Å². The van der Waals surface area contributed by atoms with E-state index in [-0.39, 0.29) is 23.5 Å². The first-order chi connectivity index (χ1) is 8.00. The summed E-state index contributed by atoms with van der Waals surface area (Å²) >= 11 is 1.17. The molecule has 1 saturated heterocycles. The number of rotatable bonds is 4. The Kier molecular flexibility index (Phi) is 5.77. The van der Waals surface area contributed by atoms with Crippen LogP contribution in [0.1, 0.15) is 13.3 Å². The molecule has 0 spiro atoms. The fourth-order valence-electron chi connectivity index (χ4n) is 2.05. The second-order valence-electron chi connectivity index (χ2n) is 4.44. The average Bonchev–Trinajstić information content (AvgIpc) is 2.38. The summed E-state index contributed by atoms with van der Waals surface area (Å²) < 4.78 is 0. The van der Waals surface area contributed by atoms with Crippen LogP contribution in [0.2, 0.25) is 0 Å². The molecule has 0 aromatic carbocycles. The van der Waals surface area contributed by atoms with E-state index in [0.29, 0.717) is 0 Å². The molecule has 1 N–H and O–H groups in total. The highest BCUT2D eigenvalue weighted by molar-refractivity contribution is 8.00. The number of carbonyl (C=O) groups excluding carboxylic acids is 1. The Morgan fingerprint density at radius 3 is 2.71 bits per heavy atom. The number of aliphatic carboxylic acids is 1. The lowest BCUT2D eigenvalue weighted by Crippen LogP contribution is -2.42. The van der Waals surface area contributed by atoms with Crippen LogP contribution in [0.4, 0.5) is 0 Å². The lowest BCUT2D eigenvalue weighted by Gasteiger charge is -2.27. The van der Waals surface area contributed by atoms with E-state index in [9.17, 15) is 9.59 Å². The zero-order valence-corrected chi connectivity index (χ0v) is 11.2. The predicted octanol–water partition coefficient (Wildman–Crippen LogP) is 0.357. The number of likely N-dealkylation sites (N-methyl/N-ethyl adjacent to an activating group) is 1. The summed E-state index contributed by atoms with van der Waals surface area (Å²) in [6.07, 6.45) is 0.982. The van der Waals surface area contributed by atoms with Crippen LogP contribution in [-0.4, -0.2) is 71.0 Å². The lowest BCUT2D eigenvalue weighted by atomic mass is 10.3. The van der Waals surface area contributed by atoms with Crippen molar-refractivity contribution in [3.63, 3.8) is 0 Å². The van der Waals surface area contributed by atoms with E-state index in [1.165, 1.54) is 11.8 Å². The molecule has 1 aliphatic heterocycles. The maximum atomic E-state index is 11.9. The summed E-state index contributed by atoms with van der Waals surface area (Å²) in [5.41, 5.74) is 0. The molecule has 98 valence electrons. The monoisotopic (exact) mass is 260 g/mol. The van der Waals surface area contributed by atoms with Gasteiger partial charge in [-0.25, -0.2) is 0 Å². The van der Waals surface area contributed by atoms with Crippen molar-refractivity contribution < 1.29 is 14.7 Å². The highest BCUT2D eigenvalue weighted by Gasteiger charge is 2.23. The van der Waals surface area contributed by atoms with Crippen molar-refractivity contribution in [2.24, 2.45) is 0 Å². The van der Waals surface area contributed by atoms with Crippen LogP contribution in [0, 0.1) is 0 Å². The number of hydrogen-bond donors (Lipinski definition) is 1. The second kappa shape index (κ2) is 6.86. The van der Waals surface area contributed by atoms with Gasteiger partial charge < -0.3 is 14.9 Å². The van der Waals surface area contributed by atoms with Gasteiger partial charge >= 0.3 is 5.97 Å². The molecule has 0 bridgehead atoms. The van der Waals surface area contributed by atoms with Crippen molar-refractivity contribution >= 4 is 23.6 Å². The molecule has 5 nitrogen and oxygen atoms in total. The molecule has 1 unspecified atom stereocenters. The van der Waals surface area contributed by atoms with Gasteiger partial charge in [0.05, 0.1) is 11.5 Å². The maximum Gasteiger partial charge on any atom is 0.313 e. The van der Waals surface area contributed by atoms with Crippen molar-refractivity contribution in [3.8, 4) is 0 Å². The number of amides is 1. The predicted molar refractivity (Wildman–Crippen MR) is 68.2 cm³/mol. The lowest BCUT2D eigenvalue weighted by molar-refractivity contribution is -0.133. The number of nitrogens with zero attached hydrogens (tertiary/aromatic N) is 2. The van der Waals surface area contributed by atoms with Crippen LogP contribution in [0.5, 0.6) is 0 Å². The number of carboxylic acids is 1. The molecule has 17 heavy (non-hydrogen) atoms. The SMILES string of the molecule is CC1CN(C)CCCN1C(=O)CSCC(=O)O.